The molecule has 1 aromatic rings. The number of phenols is 1. The van der Waals surface area contributed by atoms with Gasteiger partial charge in [0.05, 0.1) is 5.02 Å². The van der Waals surface area contributed by atoms with Gasteiger partial charge in [-0.15, -0.1) is 24.8 Å². The molecule has 1 saturated heterocycles. The number of hydrogen-bond donors (Lipinski definition) is 2. The van der Waals surface area contributed by atoms with Gasteiger partial charge in [-0.1, -0.05) is 44.0 Å². The number of hydrogen-bond acceptors (Lipinski definition) is 3. The average molecular weight is 356 g/mol. The summed E-state index contributed by atoms with van der Waals surface area (Å²) in [5, 5.41) is 14.1. The maximum Gasteiger partial charge on any atom is 0.138 e. The predicted octanol–water partition coefficient (Wildman–Crippen LogP) is 3.88. The molecule has 0 saturated carbocycles. The highest BCUT2D eigenvalue weighted by atomic mass is 35.5. The van der Waals surface area contributed by atoms with Gasteiger partial charge in [-0.2, -0.15) is 0 Å². The van der Waals surface area contributed by atoms with Crippen molar-refractivity contribution in [3.8, 4) is 5.75 Å². The van der Waals surface area contributed by atoms with Crippen molar-refractivity contribution >= 4 is 36.4 Å². The molecule has 6 heteroatoms. The van der Waals surface area contributed by atoms with Crippen LogP contribution < -0.4 is 5.32 Å². The van der Waals surface area contributed by atoms with E-state index < -0.39 is 0 Å². The Bertz CT molecular complexity index is 425. The quantitative estimate of drug-likeness (QED) is 0.860. The first kappa shape index (κ1) is 20.8. The highest BCUT2D eigenvalue weighted by Crippen LogP contribution is 2.39. The fourth-order valence-electron chi connectivity index (χ4n) is 2.82. The molecule has 1 fully saturated rings. The summed E-state index contributed by atoms with van der Waals surface area (Å²) in [6, 6.07) is 5.91. The van der Waals surface area contributed by atoms with Crippen molar-refractivity contribution in [3.05, 3.63) is 28.8 Å². The molecule has 122 valence electrons. The van der Waals surface area contributed by atoms with Crippen molar-refractivity contribution in [3.63, 3.8) is 0 Å². The van der Waals surface area contributed by atoms with Crippen LogP contribution in [0.1, 0.15) is 31.9 Å². The third kappa shape index (κ3) is 4.90. The predicted molar refractivity (Wildman–Crippen MR) is 94.3 cm³/mol. The Hall–Kier alpha value is -0.190. The van der Waals surface area contributed by atoms with E-state index in [4.69, 9.17) is 11.6 Å². The minimum Gasteiger partial charge on any atom is -0.506 e. The second kappa shape index (κ2) is 9.75. The Kier molecular flexibility index (Phi) is 9.66. The number of nitrogens with zero attached hydrogens (tertiary/aromatic N) is 1. The molecule has 1 aliphatic heterocycles. The Morgan fingerprint density at radius 2 is 1.90 bits per heavy atom. The zero-order valence-electron chi connectivity index (χ0n) is 12.5. The molecule has 2 atom stereocenters. The van der Waals surface area contributed by atoms with Crippen LogP contribution in [0.15, 0.2) is 18.2 Å². The number of rotatable bonds is 4. The summed E-state index contributed by atoms with van der Waals surface area (Å²) in [5.74, 6) is 0.732. The van der Waals surface area contributed by atoms with Crippen LogP contribution in [-0.2, 0) is 0 Å². The fraction of sp³-hybridized carbons (Fsp3) is 0.600. The highest BCUT2D eigenvalue weighted by Gasteiger charge is 2.28. The van der Waals surface area contributed by atoms with Crippen molar-refractivity contribution in [1.82, 2.24) is 10.2 Å². The summed E-state index contributed by atoms with van der Waals surface area (Å²) in [7, 11) is 0. The number of halogens is 3. The zero-order chi connectivity index (χ0) is 13.8. The van der Waals surface area contributed by atoms with Crippen LogP contribution in [0.4, 0.5) is 0 Å². The van der Waals surface area contributed by atoms with Crippen LogP contribution in [0.3, 0.4) is 0 Å². The van der Waals surface area contributed by atoms with Gasteiger partial charge in [0.15, 0.2) is 0 Å². The van der Waals surface area contributed by atoms with Crippen LogP contribution in [0.25, 0.3) is 0 Å². The van der Waals surface area contributed by atoms with E-state index in [1.54, 1.807) is 6.07 Å². The molecule has 21 heavy (non-hydrogen) atoms. The summed E-state index contributed by atoms with van der Waals surface area (Å²) >= 11 is 6.06. The van der Waals surface area contributed by atoms with Crippen LogP contribution >= 0.6 is 36.4 Å². The van der Waals surface area contributed by atoms with Crippen LogP contribution in [-0.4, -0.2) is 36.2 Å². The van der Waals surface area contributed by atoms with Crippen LogP contribution in [0.5, 0.6) is 5.75 Å². The minimum atomic E-state index is 0. The number of nitrogens with one attached hydrogen (secondary N) is 1. The summed E-state index contributed by atoms with van der Waals surface area (Å²) in [6.07, 6.45) is 1.08. The lowest BCUT2D eigenvalue weighted by atomic mass is 9.90. The van der Waals surface area contributed by atoms with E-state index in [1.807, 2.05) is 12.1 Å². The molecule has 1 heterocycles. The molecule has 0 amide bonds. The largest absolute Gasteiger partial charge is 0.506 e. The van der Waals surface area contributed by atoms with Crippen LogP contribution in [0, 0.1) is 5.92 Å². The first-order valence-corrected chi connectivity index (χ1v) is 7.45. The molecule has 0 bridgehead atoms. The van der Waals surface area contributed by atoms with E-state index in [0.29, 0.717) is 10.9 Å². The van der Waals surface area contributed by atoms with Crippen LogP contribution in [0.2, 0.25) is 5.02 Å². The molecule has 0 aromatic heterocycles. The van der Waals surface area contributed by atoms with E-state index in [2.05, 4.69) is 24.1 Å². The Morgan fingerprint density at radius 1 is 1.29 bits per heavy atom. The van der Waals surface area contributed by atoms with Gasteiger partial charge in [0, 0.05) is 37.8 Å². The van der Waals surface area contributed by atoms with Crippen molar-refractivity contribution in [2.45, 2.75) is 26.3 Å². The summed E-state index contributed by atoms with van der Waals surface area (Å²) in [5.41, 5.74) is 0.962. The average Bonchev–Trinajstić information content (AvgIpc) is 2.44. The van der Waals surface area contributed by atoms with Gasteiger partial charge in [0.25, 0.3) is 0 Å². The first-order chi connectivity index (χ1) is 9.15. The topological polar surface area (TPSA) is 35.5 Å². The SMILES string of the molecule is CCC(C)[C@H](c1cccc(Cl)c1O)N1CCNCC1.Cl.Cl. The molecule has 3 nitrogen and oxygen atoms in total. The van der Waals surface area contributed by atoms with Gasteiger partial charge in [-0.3, -0.25) is 4.90 Å². The number of piperazine rings is 1. The molecule has 0 radical (unpaired) electrons. The number of para-hydroxylation sites is 1. The van der Waals surface area contributed by atoms with Gasteiger partial charge >= 0.3 is 0 Å². The standard InChI is InChI=1S/C15H23ClN2O.2ClH/c1-3-11(2)14(18-9-7-17-8-10-18)12-5-4-6-13(16)15(12)19;;/h4-6,11,14,17,19H,3,7-10H2,1-2H3;2*1H/t11?,14-;;/m1../s1. The normalized spacial score (nSPS) is 18.2. The second-order valence-corrected chi connectivity index (χ2v) is 5.70. The summed E-state index contributed by atoms with van der Waals surface area (Å²) < 4.78 is 0. The molecule has 2 N–H and O–H groups in total. The lowest BCUT2D eigenvalue weighted by Gasteiger charge is -2.38. The third-order valence-corrected chi connectivity index (χ3v) is 4.37. The molecule has 1 aromatic carbocycles. The third-order valence-electron chi connectivity index (χ3n) is 4.06. The smallest absolute Gasteiger partial charge is 0.138 e. The maximum absolute atomic E-state index is 10.3. The van der Waals surface area contributed by atoms with Crippen molar-refractivity contribution in [1.29, 1.82) is 0 Å². The fourth-order valence-corrected chi connectivity index (χ4v) is 3.00. The van der Waals surface area contributed by atoms with E-state index in [9.17, 15) is 5.11 Å². The Morgan fingerprint density at radius 3 is 2.48 bits per heavy atom. The number of benzene rings is 1. The van der Waals surface area contributed by atoms with Gasteiger partial charge < -0.3 is 10.4 Å². The van der Waals surface area contributed by atoms with Gasteiger partial charge in [0.1, 0.15) is 5.75 Å². The lowest BCUT2D eigenvalue weighted by molar-refractivity contribution is 0.126. The molecular formula is C15H25Cl3N2O. The summed E-state index contributed by atoms with van der Waals surface area (Å²) in [4.78, 5) is 2.45. The highest BCUT2D eigenvalue weighted by molar-refractivity contribution is 6.32. The van der Waals surface area contributed by atoms with Crippen molar-refractivity contribution in [2.24, 2.45) is 5.92 Å². The zero-order valence-corrected chi connectivity index (χ0v) is 14.9. The van der Waals surface area contributed by atoms with Crippen molar-refractivity contribution < 1.29 is 5.11 Å². The molecule has 0 spiro atoms. The number of phenolic OH excluding ortho intramolecular Hbond substituents is 1. The first-order valence-electron chi connectivity index (χ1n) is 7.07. The van der Waals surface area contributed by atoms with Crippen molar-refractivity contribution in [2.75, 3.05) is 26.2 Å². The maximum atomic E-state index is 10.3. The van der Waals surface area contributed by atoms with E-state index >= 15 is 0 Å². The minimum absolute atomic E-state index is 0. The van der Waals surface area contributed by atoms with Gasteiger partial charge in [0.2, 0.25) is 0 Å². The lowest BCUT2D eigenvalue weighted by Crippen LogP contribution is -2.46. The Labute approximate surface area is 144 Å². The second-order valence-electron chi connectivity index (χ2n) is 5.29. The van der Waals surface area contributed by atoms with Gasteiger partial charge in [-0.05, 0) is 12.0 Å². The molecule has 1 unspecified atom stereocenters. The Balaban J connectivity index is 0.00000200. The van der Waals surface area contributed by atoms with E-state index in [-0.39, 0.29) is 36.6 Å². The monoisotopic (exact) mass is 354 g/mol. The molecular weight excluding hydrogens is 331 g/mol. The van der Waals surface area contributed by atoms with E-state index in [1.165, 1.54) is 0 Å². The summed E-state index contributed by atoms with van der Waals surface area (Å²) in [6.45, 7) is 8.49. The van der Waals surface area contributed by atoms with E-state index in [0.717, 1.165) is 38.2 Å². The van der Waals surface area contributed by atoms with Gasteiger partial charge in [-0.25, -0.2) is 0 Å². The molecule has 2 rings (SSSR count). The number of aromatic hydroxyl groups is 1. The molecule has 1 aliphatic rings. The molecule has 0 aliphatic carbocycles.